The number of fused-ring (bicyclic) bond motifs is 2. The molecule has 0 aromatic heterocycles. The van der Waals surface area contributed by atoms with Gasteiger partial charge < -0.3 is 10.0 Å². The van der Waals surface area contributed by atoms with Gasteiger partial charge in [0, 0.05) is 39.3 Å². The summed E-state index contributed by atoms with van der Waals surface area (Å²) in [4.78, 5) is 5.00. The summed E-state index contributed by atoms with van der Waals surface area (Å²) in [7, 11) is 0. The maximum absolute atomic E-state index is 8.92. The van der Waals surface area contributed by atoms with Crippen molar-refractivity contribution in [1.29, 1.82) is 0 Å². The van der Waals surface area contributed by atoms with Crippen LogP contribution in [0.25, 0.3) is 0 Å². The third-order valence-corrected chi connectivity index (χ3v) is 4.79. The Hall–Kier alpha value is -0.380. The van der Waals surface area contributed by atoms with Gasteiger partial charge in [-0.15, -0.1) is 0 Å². The van der Waals surface area contributed by atoms with Crippen molar-refractivity contribution in [3.05, 3.63) is 12.2 Å². The average Bonchev–Trinajstić information content (AvgIpc) is 2.94. The minimum Gasteiger partial charge on any atom is -0.395 e. The van der Waals surface area contributed by atoms with Crippen LogP contribution in [0.3, 0.4) is 0 Å². The third-order valence-electron chi connectivity index (χ3n) is 4.79. The van der Waals surface area contributed by atoms with E-state index in [-0.39, 0.29) is 0 Å². The first-order valence-electron chi connectivity index (χ1n) is 7.09. The molecule has 1 aliphatic heterocycles. The molecule has 0 spiro atoms. The maximum atomic E-state index is 8.92. The zero-order chi connectivity index (χ0) is 11.7. The van der Waals surface area contributed by atoms with E-state index in [9.17, 15) is 0 Å². The molecule has 2 aliphatic carbocycles. The molecule has 2 fully saturated rings. The van der Waals surface area contributed by atoms with E-state index in [1.165, 1.54) is 32.5 Å². The van der Waals surface area contributed by atoms with Crippen molar-refractivity contribution in [2.45, 2.75) is 12.8 Å². The van der Waals surface area contributed by atoms with Crippen LogP contribution < -0.4 is 0 Å². The normalized spacial score (nSPS) is 38.1. The van der Waals surface area contributed by atoms with Crippen molar-refractivity contribution in [3.63, 3.8) is 0 Å². The SMILES string of the molecule is OCCN1CCN(C[C@H]2C[C@@H]3C=C[C@H]2C3)CC1. The Labute approximate surface area is 104 Å². The van der Waals surface area contributed by atoms with E-state index in [1.54, 1.807) is 0 Å². The van der Waals surface area contributed by atoms with Crippen molar-refractivity contribution in [1.82, 2.24) is 9.80 Å². The molecule has 0 amide bonds. The van der Waals surface area contributed by atoms with Crippen LogP contribution in [0.2, 0.25) is 0 Å². The number of allylic oxidation sites excluding steroid dienone is 2. The van der Waals surface area contributed by atoms with Gasteiger partial charge in [0.05, 0.1) is 6.61 Å². The maximum Gasteiger partial charge on any atom is 0.0558 e. The van der Waals surface area contributed by atoms with Gasteiger partial charge in [-0.25, -0.2) is 0 Å². The minimum absolute atomic E-state index is 0.303. The molecule has 3 heteroatoms. The molecule has 1 heterocycles. The number of hydrogen-bond acceptors (Lipinski definition) is 3. The van der Waals surface area contributed by atoms with Gasteiger partial charge in [0.15, 0.2) is 0 Å². The molecule has 0 unspecified atom stereocenters. The smallest absolute Gasteiger partial charge is 0.0558 e. The molecule has 0 aromatic rings. The summed E-state index contributed by atoms with van der Waals surface area (Å²) in [5, 5.41) is 8.92. The lowest BCUT2D eigenvalue weighted by atomic mass is 9.93. The Balaban J connectivity index is 1.44. The first-order valence-corrected chi connectivity index (χ1v) is 7.09. The monoisotopic (exact) mass is 236 g/mol. The Bertz CT molecular complexity index is 284. The van der Waals surface area contributed by atoms with Crippen LogP contribution in [0.4, 0.5) is 0 Å². The van der Waals surface area contributed by atoms with Gasteiger partial charge in [0.2, 0.25) is 0 Å². The summed E-state index contributed by atoms with van der Waals surface area (Å²) >= 11 is 0. The molecule has 1 N–H and O–H groups in total. The highest BCUT2D eigenvalue weighted by Crippen LogP contribution is 2.43. The topological polar surface area (TPSA) is 26.7 Å². The predicted molar refractivity (Wildman–Crippen MR) is 68.8 cm³/mol. The summed E-state index contributed by atoms with van der Waals surface area (Å²) in [5.41, 5.74) is 0. The van der Waals surface area contributed by atoms with Crippen LogP contribution in [0, 0.1) is 17.8 Å². The number of hydrogen-bond donors (Lipinski definition) is 1. The minimum atomic E-state index is 0.303. The lowest BCUT2D eigenvalue weighted by molar-refractivity contribution is 0.0980. The van der Waals surface area contributed by atoms with E-state index in [2.05, 4.69) is 22.0 Å². The quantitative estimate of drug-likeness (QED) is 0.732. The second kappa shape index (κ2) is 5.09. The van der Waals surface area contributed by atoms with E-state index in [0.717, 1.165) is 37.4 Å². The van der Waals surface area contributed by atoms with Crippen LogP contribution in [0.1, 0.15) is 12.8 Å². The molecular weight excluding hydrogens is 212 g/mol. The van der Waals surface area contributed by atoms with Crippen molar-refractivity contribution in [2.75, 3.05) is 45.9 Å². The van der Waals surface area contributed by atoms with Crippen LogP contribution in [0.15, 0.2) is 12.2 Å². The fourth-order valence-electron chi connectivity index (χ4n) is 3.77. The summed E-state index contributed by atoms with van der Waals surface area (Å²) in [6.45, 7) is 7.12. The largest absolute Gasteiger partial charge is 0.395 e. The molecule has 3 atom stereocenters. The molecule has 96 valence electrons. The average molecular weight is 236 g/mol. The van der Waals surface area contributed by atoms with Crippen molar-refractivity contribution in [2.24, 2.45) is 17.8 Å². The molecule has 2 bridgehead atoms. The molecule has 0 radical (unpaired) electrons. The highest BCUT2D eigenvalue weighted by atomic mass is 16.3. The second-order valence-electron chi connectivity index (χ2n) is 5.91. The number of aliphatic hydroxyl groups is 1. The predicted octanol–water partition coefficient (Wildman–Crippen LogP) is 0.808. The van der Waals surface area contributed by atoms with Crippen LogP contribution >= 0.6 is 0 Å². The molecule has 1 saturated heterocycles. The van der Waals surface area contributed by atoms with E-state index in [1.807, 2.05) is 0 Å². The van der Waals surface area contributed by atoms with E-state index >= 15 is 0 Å². The Morgan fingerprint density at radius 3 is 2.35 bits per heavy atom. The standard InChI is InChI=1S/C14H24N2O/c17-8-7-15-3-5-16(6-4-15)11-14-10-12-1-2-13(14)9-12/h1-2,12-14,17H,3-11H2/t12-,13+,14-/m1/s1. The van der Waals surface area contributed by atoms with Gasteiger partial charge in [-0.05, 0) is 30.6 Å². The zero-order valence-corrected chi connectivity index (χ0v) is 10.6. The lowest BCUT2D eigenvalue weighted by Gasteiger charge is -2.36. The van der Waals surface area contributed by atoms with Crippen LogP contribution in [-0.2, 0) is 0 Å². The number of aliphatic hydroxyl groups excluding tert-OH is 1. The van der Waals surface area contributed by atoms with Crippen LogP contribution in [-0.4, -0.2) is 60.8 Å². The Morgan fingerprint density at radius 1 is 1.00 bits per heavy atom. The second-order valence-corrected chi connectivity index (χ2v) is 5.91. The number of rotatable bonds is 4. The van der Waals surface area contributed by atoms with E-state index in [4.69, 9.17) is 5.11 Å². The zero-order valence-electron chi connectivity index (χ0n) is 10.6. The fraction of sp³-hybridized carbons (Fsp3) is 0.857. The summed E-state index contributed by atoms with van der Waals surface area (Å²) in [6, 6.07) is 0. The molecule has 3 aliphatic rings. The highest BCUT2D eigenvalue weighted by Gasteiger charge is 2.36. The van der Waals surface area contributed by atoms with Gasteiger partial charge in [0.1, 0.15) is 0 Å². The summed E-state index contributed by atoms with van der Waals surface area (Å²) in [6.07, 6.45) is 7.74. The van der Waals surface area contributed by atoms with Gasteiger partial charge in [-0.2, -0.15) is 0 Å². The lowest BCUT2D eigenvalue weighted by Crippen LogP contribution is -2.48. The fourth-order valence-corrected chi connectivity index (χ4v) is 3.77. The molecule has 1 saturated carbocycles. The van der Waals surface area contributed by atoms with Gasteiger partial charge in [0.25, 0.3) is 0 Å². The van der Waals surface area contributed by atoms with Crippen molar-refractivity contribution >= 4 is 0 Å². The Kier molecular flexibility index (Phi) is 3.50. The highest BCUT2D eigenvalue weighted by molar-refractivity contribution is 5.10. The van der Waals surface area contributed by atoms with Gasteiger partial charge in [-0.3, -0.25) is 4.90 Å². The van der Waals surface area contributed by atoms with Gasteiger partial charge in [-0.1, -0.05) is 12.2 Å². The molecule has 17 heavy (non-hydrogen) atoms. The Morgan fingerprint density at radius 2 is 1.76 bits per heavy atom. The summed E-state index contributed by atoms with van der Waals surface area (Å²) < 4.78 is 0. The van der Waals surface area contributed by atoms with Crippen LogP contribution in [0.5, 0.6) is 0 Å². The van der Waals surface area contributed by atoms with E-state index < -0.39 is 0 Å². The first-order chi connectivity index (χ1) is 8.35. The molecule has 3 rings (SSSR count). The van der Waals surface area contributed by atoms with Gasteiger partial charge >= 0.3 is 0 Å². The number of β-amino-alcohol motifs (C(OH)–C–C–N with tert-alkyl or cyclic N) is 1. The number of piperazine rings is 1. The van der Waals surface area contributed by atoms with E-state index in [0.29, 0.717) is 6.61 Å². The van der Waals surface area contributed by atoms with Crippen molar-refractivity contribution < 1.29 is 5.11 Å². The third kappa shape index (κ3) is 2.56. The van der Waals surface area contributed by atoms with Crippen molar-refractivity contribution in [3.8, 4) is 0 Å². The first kappa shape index (κ1) is 11.7. The number of nitrogens with zero attached hydrogens (tertiary/aromatic N) is 2. The molecule has 0 aromatic carbocycles. The summed E-state index contributed by atoms with van der Waals surface area (Å²) in [5.74, 6) is 2.71. The molecular formula is C14H24N2O. The molecule has 3 nitrogen and oxygen atoms in total.